The number of likely N-dealkylation sites (tertiary alicyclic amines) is 1. The Labute approximate surface area is 137 Å². The van der Waals surface area contributed by atoms with Gasteiger partial charge in [0.25, 0.3) is 0 Å². The van der Waals surface area contributed by atoms with E-state index in [9.17, 15) is 0 Å². The lowest BCUT2D eigenvalue weighted by Crippen LogP contribution is -2.17. The molecule has 3 heterocycles. The highest BCUT2D eigenvalue weighted by atomic mass is 15.3. The largest absolute Gasteiger partial charge is 0.341 e. The lowest BCUT2D eigenvalue weighted by atomic mass is 10.2. The Hall–Kier alpha value is -0.910. The molecule has 2 fully saturated rings. The van der Waals surface area contributed by atoms with Crippen LogP contribution in [0, 0.1) is 5.92 Å². The van der Waals surface area contributed by atoms with Gasteiger partial charge in [-0.3, -0.25) is 9.80 Å². The van der Waals surface area contributed by atoms with Gasteiger partial charge in [0.05, 0.1) is 13.0 Å². The number of nitrogens with zero attached hydrogens (tertiary/aromatic N) is 5. The summed E-state index contributed by atoms with van der Waals surface area (Å²) in [5, 5.41) is 0. The zero-order chi connectivity index (χ0) is 17.0. The second kappa shape index (κ2) is 12.6. The number of likely N-dealkylation sites (N-methyl/N-ethyl adjacent to an activating group) is 2. The first kappa shape index (κ1) is 21.1. The summed E-state index contributed by atoms with van der Waals surface area (Å²) in [6.07, 6.45) is 6.79. The smallest absolute Gasteiger partial charge is 0.0943 e. The van der Waals surface area contributed by atoms with Gasteiger partial charge in [0.2, 0.25) is 0 Å². The predicted molar refractivity (Wildman–Crippen MR) is 96.0 cm³/mol. The van der Waals surface area contributed by atoms with Crippen LogP contribution in [0.5, 0.6) is 0 Å². The highest BCUT2D eigenvalue weighted by Crippen LogP contribution is 2.11. The fourth-order valence-electron chi connectivity index (χ4n) is 2.38. The molecular formula is C17H37N5. The average Bonchev–Trinajstić information content (AvgIpc) is 3.19. The minimum Gasteiger partial charge on any atom is -0.341 e. The van der Waals surface area contributed by atoms with Crippen LogP contribution in [0.4, 0.5) is 0 Å². The Morgan fingerprint density at radius 2 is 1.50 bits per heavy atom. The summed E-state index contributed by atoms with van der Waals surface area (Å²) in [6, 6.07) is 0. The normalized spacial score (nSPS) is 22.0. The fraction of sp³-hybridized carbons (Fsp3) is 0.824. The van der Waals surface area contributed by atoms with Crippen molar-refractivity contribution in [1.29, 1.82) is 0 Å². The van der Waals surface area contributed by atoms with Crippen molar-refractivity contribution < 1.29 is 0 Å². The summed E-state index contributed by atoms with van der Waals surface area (Å²) < 4.78 is 1.89. The summed E-state index contributed by atoms with van der Waals surface area (Å²) in [7, 11) is 8.41. The van der Waals surface area contributed by atoms with E-state index in [-0.39, 0.29) is 0 Å². The van der Waals surface area contributed by atoms with Crippen molar-refractivity contribution in [2.45, 2.75) is 27.2 Å². The van der Waals surface area contributed by atoms with Crippen LogP contribution in [0.1, 0.15) is 27.2 Å². The van der Waals surface area contributed by atoms with Crippen molar-refractivity contribution in [3.05, 3.63) is 18.7 Å². The van der Waals surface area contributed by atoms with Gasteiger partial charge in [0, 0.05) is 39.1 Å². The molecule has 2 aliphatic heterocycles. The Bertz CT molecular complexity index is 305. The maximum Gasteiger partial charge on any atom is 0.0943 e. The van der Waals surface area contributed by atoms with Crippen LogP contribution < -0.4 is 0 Å². The van der Waals surface area contributed by atoms with Gasteiger partial charge in [-0.05, 0) is 40.0 Å². The van der Waals surface area contributed by atoms with Gasteiger partial charge < -0.3 is 9.47 Å². The van der Waals surface area contributed by atoms with Crippen molar-refractivity contribution in [2.24, 2.45) is 13.0 Å². The van der Waals surface area contributed by atoms with E-state index >= 15 is 0 Å². The quantitative estimate of drug-likeness (QED) is 0.734. The zero-order valence-corrected chi connectivity index (χ0v) is 15.8. The minimum absolute atomic E-state index is 0.949. The van der Waals surface area contributed by atoms with Crippen LogP contribution >= 0.6 is 0 Å². The second-order valence-electron chi connectivity index (χ2n) is 6.19. The molecular weight excluding hydrogens is 274 g/mol. The zero-order valence-electron chi connectivity index (χ0n) is 15.8. The molecule has 5 heteroatoms. The Kier molecular flexibility index (Phi) is 12.1. The maximum absolute atomic E-state index is 3.78. The monoisotopic (exact) mass is 311 g/mol. The Morgan fingerprint density at radius 3 is 1.64 bits per heavy atom. The highest BCUT2D eigenvalue weighted by Gasteiger charge is 2.13. The third kappa shape index (κ3) is 10.8. The maximum atomic E-state index is 3.78. The number of hydrogen-bond acceptors (Lipinski definition) is 4. The summed E-state index contributed by atoms with van der Waals surface area (Å²) in [5.74, 6) is 0.949. The van der Waals surface area contributed by atoms with E-state index in [2.05, 4.69) is 47.8 Å². The van der Waals surface area contributed by atoms with Gasteiger partial charge >= 0.3 is 0 Å². The van der Waals surface area contributed by atoms with Crippen LogP contribution in [0.3, 0.4) is 0 Å². The summed E-state index contributed by atoms with van der Waals surface area (Å²) >= 11 is 0. The molecule has 2 saturated heterocycles. The van der Waals surface area contributed by atoms with Gasteiger partial charge in [-0.1, -0.05) is 20.8 Å². The van der Waals surface area contributed by atoms with Crippen molar-refractivity contribution in [3.8, 4) is 0 Å². The third-order valence-corrected chi connectivity index (χ3v) is 3.61. The van der Waals surface area contributed by atoms with Crippen LogP contribution in [0.15, 0.2) is 18.7 Å². The summed E-state index contributed by atoms with van der Waals surface area (Å²) in [6.45, 7) is 12.5. The fourth-order valence-corrected chi connectivity index (χ4v) is 2.38. The molecule has 0 bridgehead atoms. The van der Waals surface area contributed by atoms with Gasteiger partial charge in [-0.25, -0.2) is 4.98 Å². The molecule has 1 unspecified atom stereocenters. The minimum atomic E-state index is 0.949. The topological polar surface area (TPSA) is 27.5 Å². The van der Waals surface area contributed by atoms with Crippen molar-refractivity contribution in [1.82, 2.24) is 24.3 Å². The average molecular weight is 312 g/mol. The van der Waals surface area contributed by atoms with E-state index in [1.807, 2.05) is 31.7 Å². The number of aromatic nitrogens is 2. The summed E-state index contributed by atoms with van der Waals surface area (Å²) in [5.41, 5.74) is 0. The molecule has 0 N–H and O–H groups in total. The summed E-state index contributed by atoms with van der Waals surface area (Å²) in [4.78, 5) is 10.8. The molecule has 130 valence electrons. The Morgan fingerprint density at radius 1 is 0.909 bits per heavy atom. The Balaban J connectivity index is 0.000000285. The highest BCUT2D eigenvalue weighted by molar-refractivity contribution is 4.70. The molecule has 2 aliphatic rings. The van der Waals surface area contributed by atoms with E-state index in [1.54, 1.807) is 12.5 Å². The van der Waals surface area contributed by atoms with Gasteiger partial charge in [0.1, 0.15) is 0 Å². The van der Waals surface area contributed by atoms with E-state index in [4.69, 9.17) is 0 Å². The molecule has 0 amide bonds. The first-order valence-electron chi connectivity index (χ1n) is 8.45. The molecule has 22 heavy (non-hydrogen) atoms. The number of aryl methyl sites for hydroxylation is 1. The van der Waals surface area contributed by atoms with Gasteiger partial charge in [-0.15, -0.1) is 0 Å². The standard InChI is InChI=1S/C6H13N.C5H12N2.C4H6N2.C2H6/c2*1-6-3-4-7(2)5-6;1-6-3-2-5-4-6;1-2/h6H,3-5H2,1-2H3;3-5H2,1-2H3;2-4H,1H3;1-2H3. The van der Waals surface area contributed by atoms with Crippen molar-refractivity contribution >= 4 is 0 Å². The molecule has 0 aromatic carbocycles. The third-order valence-electron chi connectivity index (χ3n) is 3.61. The molecule has 0 spiro atoms. The SMILES string of the molecule is CC.CC1CCN(C)C1.CN1CCN(C)C1.Cn1ccnc1. The molecule has 1 aromatic heterocycles. The predicted octanol–water partition coefficient (Wildman–Crippen LogP) is 2.23. The number of imidazole rings is 1. The van der Waals surface area contributed by atoms with Gasteiger partial charge in [0.15, 0.2) is 0 Å². The second-order valence-corrected chi connectivity index (χ2v) is 6.19. The van der Waals surface area contributed by atoms with Crippen LogP contribution in [-0.2, 0) is 7.05 Å². The lowest BCUT2D eigenvalue weighted by molar-refractivity contribution is 0.318. The molecule has 0 saturated carbocycles. The van der Waals surface area contributed by atoms with Crippen molar-refractivity contribution in [2.75, 3.05) is 54.0 Å². The van der Waals surface area contributed by atoms with E-state index < -0.39 is 0 Å². The van der Waals surface area contributed by atoms with E-state index in [0.29, 0.717) is 0 Å². The molecule has 0 aliphatic carbocycles. The van der Waals surface area contributed by atoms with Crippen LogP contribution in [0.2, 0.25) is 0 Å². The number of rotatable bonds is 0. The van der Waals surface area contributed by atoms with E-state index in [1.165, 1.54) is 32.6 Å². The molecule has 1 aromatic rings. The first-order valence-corrected chi connectivity index (χ1v) is 8.45. The lowest BCUT2D eigenvalue weighted by Gasteiger charge is -2.06. The molecule has 5 nitrogen and oxygen atoms in total. The molecule has 3 rings (SSSR count). The number of hydrogen-bond donors (Lipinski definition) is 0. The van der Waals surface area contributed by atoms with Crippen LogP contribution in [0.25, 0.3) is 0 Å². The first-order chi connectivity index (χ1) is 10.5. The van der Waals surface area contributed by atoms with E-state index in [0.717, 1.165) is 12.6 Å². The van der Waals surface area contributed by atoms with Crippen LogP contribution in [-0.4, -0.2) is 78.2 Å². The van der Waals surface area contributed by atoms with Gasteiger partial charge in [-0.2, -0.15) is 0 Å². The molecule has 1 atom stereocenters. The molecule has 0 radical (unpaired) electrons. The van der Waals surface area contributed by atoms with Crippen molar-refractivity contribution in [3.63, 3.8) is 0 Å².